The molecule has 0 unspecified atom stereocenters. The number of hydrogen-bond acceptors (Lipinski definition) is 2. The molecule has 3 nitrogen and oxygen atoms in total. The van der Waals surface area contributed by atoms with Gasteiger partial charge in [-0.1, -0.05) is 29.8 Å². The standard InChI is InChI=1S/C14H22N2O/c1-12-5-3-6-13(11-12)7-8-14(17)16-10-4-9-15-2/h3,5-6,11,15H,4,7-10H2,1-2H3,(H,16,17). The first kappa shape index (κ1) is 13.7. The Labute approximate surface area is 104 Å². The first-order valence-electron chi connectivity index (χ1n) is 6.19. The summed E-state index contributed by atoms with van der Waals surface area (Å²) in [7, 11) is 1.92. The van der Waals surface area contributed by atoms with E-state index in [0.29, 0.717) is 6.42 Å². The maximum Gasteiger partial charge on any atom is 0.220 e. The summed E-state index contributed by atoms with van der Waals surface area (Å²) in [4.78, 5) is 11.5. The average Bonchev–Trinajstić information content (AvgIpc) is 2.32. The summed E-state index contributed by atoms with van der Waals surface area (Å²) in [6.07, 6.45) is 2.37. The topological polar surface area (TPSA) is 41.1 Å². The highest BCUT2D eigenvalue weighted by Crippen LogP contribution is 2.06. The minimum absolute atomic E-state index is 0.141. The number of carbonyl (C=O) groups is 1. The van der Waals surface area contributed by atoms with Crippen LogP contribution in [0, 0.1) is 6.92 Å². The van der Waals surface area contributed by atoms with Gasteiger partial charge < -0.3 is 10.6 Å². The Bertz CT molecular complexity index is 350. The summed E-state index contributed by atoms with van der Waals surface area (Å²) < 4.78 is 0. The van der Waals surface area contributed by atoms with Crippen LogP contribution in [0.1, 0.15) is 24.0 Å². The van der Waals surface area contributed by atoms with E-state index in [4.69, 9.17) is 0 Å². The first-order valence-corrected chi connectivity index (χ1v) is 6.19. The zero-order chi connectivity index (χ0) is 12.5. The number of aryl methyl sites for hydroxylation is 2. The van der Waals surface area contributed by atoms with Crippen LogP contribution in [0.5, 0.6) is 0 Å². The molecule has 0 heterocycles. The van der Waals surface area contributed by atoms with E-state index in [1.54, 1.807) is 0 Å². The van der Waals surface area contributed by atoms with Gasteiger partial charge in [-0.05, 0) is 38.9 Å². The van der Waals surface area contributed by atoms with Gasteiger partial charge in [0.1, 0.15) is 0 Å². The fourth-order valence-electron chi connectivity index (χ4n) is 1.71. The highest BCUT2D eigenvalue weighted by Gasteiger charge is 2.01. The number of hydrogen-bond donors (Lipinski definition) is 2. The van der Waals surface area contributed by atoms with Crippen LogP contribution in [0.25, 0.3) is 0 Å². The van der Waals surface area contributed by atoms with Crippen LogP contribution < -0.4 is 10.6 Å². The third-order valence-electron chi connectivity index (χ3n) is 2.65. The number of carbonyl (C=O) groups excluding carboxylic acids is 1. The summed E-state index contributed by atoms with van der Waals surface area (Å²) in [5, 5.41) is 5.98. The van der Waals surface area contributed by atoms with Crippen LogP contribution in [-0.2, 0) is 11.2 Å². The molecular weight excluding hydrogens is 212 g/mol. The van der Waals surface area contributed by atoms with Gasteiger partial charge in [-0.25, -0.2) is 0 Å². The molecule has 2 N–H and O–H groups in total. The lowest BCUT2D eigenvalue weighted by atomic mass is 10.1. The summed E-state index contributed by atoms with van der Waals surface area (Å²) in [6.45, 7) is 3.77. The van der Waals surface area contributed by atoms with Crippen molar-refractivity contribution >= 4 is 5.91 Å². The Morgan fingerprint density at radius 3 is 2.82 bits per heavy atom. The third-order valence-corrected chi connectivity index (χ3v) is 2.65. The largest absolute Gasteiger partial charge is 0.356 e. The molecule has 0 bridgehead atoms. The fourth-order valence-corrected chi connectivity index (χ4v) is 1.71. The number of amides is 1. The molecular formula is C14H22N2O. The van der Waals surface area contributed by atoms with Crippen molar-refractivity contribution in [1.29, 1.82) is 0 Å². The molecule has 0 atom stereocenters. The van der Waals surface area contributed by atoms with Crippen molar-refractivity contribution in [2.24, 2.45) is 0 Å². The summed E-state index contributed by atoms with van der Waals surface area (Å²) >= 11 is 0. The van der Waals surface area contributed by atoms with Crippen molar-refractivity contribution in [2.45, 2.75) is 26.2 Å². The molecule has 0 saturated heterocycles. The summed E-state index contributed by atoms with van der Waals surface area (Å²) in [5.74, 6) is 0.141. The lowest BCUT2D eigenvalue weighted by Gasteiger charge is -2.05. The Balaban J connectivity index is 2.19. The van der Waals surface area contributed by atoms with Crippen LogP contribution in [0.4, 0.5) is 0 Å². The van der Waals surface area contributed by atoms with Gasteiger partial charge in [0, 0.05) is 13.0 Å². The number of rotatable bonds is 7. The first-order chi connectivity index (χ1) is 8.22. The van der Waals surface area contributed by atoms with E-state index >= 15 is 0 Å². The predicted molar refractivity (Wildman–Crippen MR) is 71.1 cm³/mol. The van der Waals surface area contributed by atoms with E-state index in [1.165, 1.54) is 11.1 Å². The molecule has 0 aliphatic heterocycles. The summed E-state index contributed by atoms with van der Waals surface area (Å²) in [5.41, 5.74) is 2.48. The van der Waals surface area contributed by atoms with E-state index in [9.17, 15) is 4.79 Å². The molecule has 0 aromatic heterocycles. The van der Waals surface area contributed by atoms with Gasteiger partial charge in [0.2, 0.25) is 5.91 Å². The van der Waals surface area contributed by atoms with Crippen LogP contribution >= 0.6 is 0 Å². The minimum atomic E-state index is 0.141. The molecule has 0 aliphatic carbocycles. The van der Waals surface area contributed by atoms with Crippen LogP contribution in [-0.4, -0.2) is 26.0 Å². The van der Waals surface area contributed by atoms with Gasteiger partial charge in [0.05, 0.1) is 0 Å². The normalized spacial score (nSPS) is 10.2. The zero-order valence-electron chi connectivity index (χ0n) is 10.8. The predicted octanol–water partition coefficient (Wildman–Crippen LogP) is 1.65. The number of nitrogens with one attached hydrogen (secondary N) is 2. The van der Waals surface area contributed by atoms with Gasteiger partial charge in [-0.15, -0.1) is 0 Å². The summed E-state index contributed by atoms with van der Waals surface area (Å²) in [6, 6.07) is 8.31. The Morgan fingerprint density at radius 1 is 1.29 bits per heavy atom. The molecule has 0 spiro atoms. The van der Waals surface area contributed by atoms with E-state index in [1.807, 2.05) is 13.1 Å². The molecule has 94 valence electrons. The van der Waals surface area contributed by atoms with E-state index in [-0.39, 0.29) is 5.91 Å². The maximum absolute atomic E-state index is 11.5. The second kappa shape index (κ2) is 7.85. The quantitative estimate of drug-likeness (QED) is 0.704. The Kier molecular flexibility index (Phi) is 6.33. The highest BCUT2D eigenvalue weighted by atomic mass is 16.1. The van der Waals surface area contributed by atoms with Gasteiger partial charge in [-0.3, -0.25) is 4.79 Å². The monoisotopic (exact) mass is 234 g/mol. The molecule has 3 heteroatoms. The van der Waals surface area contributed by atoms with Crippen molar-refractivity contribution in [2.75, 3.05) is 20.1 Å². The van der Waals surface area contributed by atoms with E-state index < -0.39 is 0 Å². The van der Waals surface area contributed by atoms with Crippen LogP contribution in [0.3, 0.4) is 0 Å². The second-order valence-corrected chi connectivity index (χ2v) is 4.30. The molecule has 0 radical (unpaired) electrons. The van der Waals surface area contributed by atoms with Crippen molar-refractivity contribution in [3.63, 3.8) is 0 Å². The molecule has 0 aliphatic rings. The maximum atomic E-state index is 11.5. The third kappa shape index (κ3) is 6.07. The van der Waals surface area contributed by atoms with Crippen LogP contribution in [0.2, 0.25) is 0 Å². The number of benzene rings is 1. The van der Waals surface area contributed by atoms with Crippen LogP contribution in [0.15, 0.2) is 24.3 Å². The Hall–Kier alpha value is -1.35. The lowest BCUT2D eigenvalue weighted by molar-refractivity contribution is -0.121. The van der Waals surface area contributed by atoms with Crippen molar-refractivity contribution < 1.29 is 4.79 Å². The van der Waals surface area contributed by atoms with E-state index in [0.717, 1.165) is 25.9 Å². The average molecular weight is 234 g/mol. The molecule has 1 amide bonds. The van der Waals surface area contributed by atoms with Gasteiger partial charge >= 0.3 is 0 Å². The highest BCUT2D eigenvalue weighted by molar-refractivity contribution is 5.76. The van der Waals surface area contributed by atoms with Gasteiger partial charge in [0.15, 0.2) is 0 Å². The van der Waals surface area contributed by atoms with Crippen molar-refractivity contribution in [1.82, 2.24) is 10.6 Å². The molecule has 17 heavy (non-hydrogen) atoms. The van der Waals surface area contributed by atoms with Crippen molar-refractivity contribution in [3.8, 4) is 0 Å². The smallest absolute Gasteiger partial charge is 0.220 e. The SMILES string of the molecule is CNCCCNC(=O)CCc1cccc(C)c1. The fraction of sp³-hybridized carbons (Fsp3) is 0.500. The van der Waals surface area contributed by atoms with Gasteiger partial charge in [-0.2, -0.15) is 0 Å². The van der Waals surface area contributed by atoms with Gasteiger partial charge in [0.25, 0.3) is 0 Å². The lowest BCUT2D eigenvalue weighted by Crippen LogP contribution is -2.26. The minimum Gasteiger partial charge on any atom is -0.356 e. The second-order valence-electron chi connectivity index (χ2n) is 4.30. The molecule has 1 aromatic carbocycles. The zero-order valence-corrected chi connectivity index (χ0v) is 10.8. The molecule has 1 aromatic rings. The Morgan fingerprint density at radius 2 is 2.12 bits per heavy atom. The van der Waals surface area contributed by atoms with E-state index in [2.05, 4.69) is 35.8 Å². The molecule has 0 saturated carbocycles. The van der Waals surface area contributed by atoms with Crippen molar-refractivity contribution in [3.05, 3.63) is 35.4 Å². The molecule has 0 fully saturated rings. The molecule has 1 rings (SSSR count).